The van der Waals surface area contributed by atoms with Gasteiger partial charge in [0.2, 0.25) is 5.91 Å². The number of pyridine rings is 1. The molecule has 3 heterocycles. The van der Waals surface area contributed by atoms with Crippen LogP contribution >= 0.6 is 0 Å². The molecule has 0 spiro atoms. The monoisotopic (exact) mass is 487 g/mol. The van der Waals surface area contributed by atoms with Gasteiger partial charge in [0.05, 0.1) is 32.6 Å². The van der Waals surface area contributed by atoms with Gasteiger partial charge >= 0.3 is 0 Å². The number of carbonyl (C=O) groups excluding carboxylic acids is 1. The van der Waals surface area contributed by atoms with E-state index in [0.717, 1.165) is 61.2 Å². The fourth-order valence-electron chi connectivity index (χ4n) is 4.73. The first-order chi connectivity index (χ1) is 17.7. The Hall–Kier alpha value is -3.62. The number of nitrogens with one attached hydrogen (secondary N) is 1. The van der Waals surface area contributed by atoms with Crippen molar-refractivity contribution in [3.63, 3.8) is 0 Å². The molecule has 2 aliphatic rings. The van der Waals surface area contributed by atoms with Crippen LogP contribution in [0.25, 0.3) is 0 Å². The van der Waals surface area contributed by atoms with Crippen LogP contribution in [0.3, 0.4) is 0 Å². The summed E-state index contributed by atoms with van der Waals surface area (Å²) in [6.07, 6.45) is 1.86. The van der Waals surface area contributed by atoms with Gasteiger partial charge in [-0.2, -0.15) is 0 Å². The lowest BCUT2D eigenvalue weighted by Crippen LogP contribution is -2.47. The average Bonchev–Trinajstić information content (AvgIpc) is 2.93. The summed E-state index contributed by atoms with van der Waals surface area (Å²) in [5.41, 5.74) is 5.47. The van der Waals surface area contributed by atoms with Gasteiger partial charge in [-0.1, -0.05) is 12.1 Å². The molecule has 0 bridgehead atoms. The predicted molar refractivity (Wildman–Crippen MR) is 141 cm³/mol. The molecule has 36 heavy (non-hydrogen) atoms. The maximum Gasteiger partial charge on any atom is 0.234 e. The molecule has 0 aliphatic carbocycles. The van der Waals surface area contributed by atoms with Crippen LogP contribution in [0.1, 0.15) is 11.3 Å². The summed E-state index contributed by atoms with van der Waals surface area (Å²) in [6.45, 7) is 6.59. The molecule has 8 heteroatoms. The molecule has 3 aromatic rings. The molecule has 1 N–H and O–H groups in total. The molecule has 1 amide bonds. The molecule has 0 unspecified atom stereocenters. The SMILES string of the molecule is COc1cccc(CN(c2ccc(N3CCOCC3)cc2)c2ccnc(CN3CCNC(=O)C3)c2)c1. The number of hydrogen-bond donors (Lipinski definition) is 1. The number of benzene rings is 2. The van der Waals surface area contributed by atoms with Crippen molar-refractivity contribution in [1.29, 1.82) is 0 Å². The molecular weight excluding hydrogens is 454 g/mol. The average molecular weight is 488 g/mol. The Morgan fingerprint density at radius 2 is 1.86 bits per heavy atom. The van der Waals surface area contributed by atoms with Gasteiger partial charge in [-0.05, 0) is 54.1 Å². The summed E-state index contributed by atoms with van der Waals surface area (Å²) in [7, 11) is 1.69. The number of piperazine rings is 1. The summed E-state index contributed by atoms with van der Waals surface area (Å²) < 4.78 is 11.0. The third kappa shape index (κ3) is 5.95. The Labute approximate surface area is 212 Å². The first-order valence-corrected chi connectivity index (χ1v) is 12.5. The molecule has 2 aliphatic heterocycles. The number of ether oxygens (including phenoxy) is 2. The first kappa shape index (κ1) is 24.1. The molecule has 5 rings (SSSR count). The van der Waals surface area contributed by atoms with Gasteiger partial charge in [0.1, 0.15) is 5.75 Å². The fourth-order valence-corrected chi connectivity index (χ4v) is 4.73. The van der Waals surface area contributed by atoms with E-state index < -0.39 is 0 Å². The molecule has 0 radical (unpaired) electrons. The number of methoxy groups -OCH3 is 1. The number of anilines is 3. The van der Waals surface area contributed by atoms with Crippen LogP contribution in [0.4, 0.5) is 17.1 Å². The highest BCUT2D eigenvalue weighted by Gasteiger charge is 2.18. The van der Waals surface area contributed by atoms with Crippen LogP contribution in [0.5, 0.6) is 5.75 Å². The van der Waals surface area contributed by atoms with Crippen LogP contribution in [0, 0.1) is 0 Å². The van der Waals surface area contributed by atoms with Crippen molar-refractivity contribution in [3.05, 3.63) is 78.1 Å². The maximum absolute atomic E-state index is 11.8. The van der Waals surface area contributed by atoms with Gasteiger partial charge in [0.25, 0.3) is 0 Å². The lowest BCUT2D eigenvalue weighted by molar-refractivity contribution is -0.124. The highest BCUT2D eigenvalue weighted by Crippen LogP contribution is 2.31. The van der Waals surface area contributed by atoms with E-state index >= 15 is 0 Å². The molecular formula is C28H33N5O3. The summed E-state index contributed by atoms with van der Waals surface area (Å²) >= 11 is 0. The number of aromatic nitrogens is 1. The number of carbonyl (C=O) groups is 1. The molecule has 1 aromatic heterocycles. The molecule has 0 atom stereocenters. The van der Waals surface area contributed by atoms with Crippen LogP contribution in [0.2, 0.25) is 0 Å². The summed E-state index contributed by atoms with van der Waals surface area (Å²) in [6, 6.07) is 21.1. The normalized spacial score (nSPS) is 16.5. The molecule has 8 nitrogen and oxygen atoms in total. The van der Waals surface area contributed by atoms with Crippen LogP contribution in [-0.4, -0.2) is 68.8 Å². The molecule has 188 valence electrons. The standard InChI is InChI=1S/C28H33N5O3/c1-35-27-4-2-3-22(17-27)19-33(25-7-5-24(6-8-25)32-13-15-36-16-14-32)26-9-10-29-23(18-26)20-31-12-11-30-28(34)21-31/h2-10,17-18H,11-16,19-21H2,1H3,(H,30,34). The van der Waals surface area contributed by atoms with Gasteiger partial charge in [0, 0.05) is 62.5 Å². The largest absolute Gasteiger partial charge is 0.497 e. The Balaban J connectivity index is 1.42. The lowest BCUT2D eigenvalue weighted by Gasteiger charge is -2.30. The van der Waals surface area contributed by atoms with Crippen molar-refractivity contribution in [2.75, 3.05) is 62.8 Å². The van der Waals surface area contributed by atoms with E-state index in [2.05, 4.69) is 67.5 Å². The second-order valence-corrected chi connectivity index (χ2v) is 9.12. The molecule has 0 saturated carbocycles. The van der Waals surface area contributed by atoms with E-state index in [1.165, 1.54) is 5.69 Å². The quantitative estimate of drug-likeness (QED) is 0.523. The van der Waals surface area contributed by atoms with Gasteiger partial charge in [-0.15, -0.1) is 0 Å². The fraction of sp³-hybridized carbons (Fsp3) is 0.357. The minimum absolute atomic E-state index is 0.0670. The molecule has 2 saturated heterocycles. The zero-order chi connectivity index (χ0) is 24.7. The van der Waals surface area contributed by atoms with E-state index in [1.807, 2.05) is 24.4 Å². The van der Waals surface area contributed by atoms with E-state index in [1.54, 1.807) is 7.11 Å². The minimum Gasteiger partial charge on any atom is -0.497 e. The van der Waals surface area contributed by atoms with Gasteiger partial charge in [0.15, 0.2) is 0 Å². The first-order valence-electron chi connectivity index (χ1n) is 12.5. The number of hydrogen-bond acceptors (Lipinski definition) is 7. The van der Waals surface area contributed by atoms with Crippen molar-refractivity contribution < 1.29 is 14.3 Å². The van der Waals surface area contributed by atoms with E-state index in [9.17, 15) is 4.79 Å². The maximum atomic E-state index is 11.8. The number of amides is 1. The van der Waals surface area contributed by atoms with Gasteiger partial charge < -0.3 is 24.6 Å². The van der Waals surface area contributed by atoms with E-state index in [0.29, 0.717) is 26.2 Å². The van der Waals surface area contributed by atoms with Gasteiger partial charge in [-0.3, -0.25) is 14.7 Å². The minimum atomic E-state index is 0.0670. The Kier molecular flexibility index (Phi) is 7.64. The number of nitrogens with zero attached hydrogens (tertiary/aromatic N) is 4. The van der Waals surface area contributed by atoms with Gasteiger partial charge in [-0.25, -0.2) is 0 Å². The highest BCUT2D eigenvalue weighted by molar-refractivity contribution is 5.78. The third-order valence-electron chi connectivity index (χ3n) is 6.63. The predicted octanol–water partition coefficient (Wildman–Crippen LogP) is 3.20. The topological polar surface area (TPSA) is 70.2 Å². The zero-order valence-electron chi connectivity index (χ0n) is 20.7. The second-order valence-electron chi connectivity index (χ2n) is 9.12. The van der Waals surface area contributed by atoms with Crippen molar-refractivity contribution in [2.24, 2.45) is 0 Å². The van der Waals surface area contributed by atoms with Crippen molar-refractivity contribution in [3.8, 4) is 5.75 Å². The van der Waals surface area contributed by atoms with Crippen LogP contribution in [0.15, 0.2) is 66.9 Å². The van der Waals surface area contributed by atoms with Crippen molar-refractivity contribution in [1.82, 2.24) is 15.2 Å². The van der Waals surface area contributed by atoms with E-state index in [-0.39, 0.29) is 5.91 Å². The number of rotatable bonds is 8. The lowest BCUT2D eigenvalue weighted by atomic mass is 10.1. The Morgan fingerprint density at radius 3 is 2.64 bits per heavy atom. The number of morpholine rings is 1. The summed E-state index contributed by atoms with van der Waals surface area (Å²) in [5.74, 6) is 0.909. The van der Waals surface area contributed by atoms with Crippen LogP contribution in [-0.2, 0) is 22.6 Å². The Bertz CT molecular complexity index is 1160. The third-order valence-corrected chi connectivity index (χ3v) is 6.63. The molecule has 2 aromatic carbocycles. The van der Waals surface area contributed by atoms with Crippen molar-refractivity contribution in [2.45, 2.75) is 13.1 Å². The van der Waals surface area contributed by atoms with Crippen molar-refractivity contribution >= 4 is 23.0 Å². The highest BCUT2D eigenvalue weighted by atomic mass is 16.5. The molecule has 2 fully saturated rings. The zero-order valence-corrected chi connectivity index (χ0v) is 20.7. The second kappa shape index (κ2) is 11.4. The summed E-state index contributed by atoms with van der Waals surface area (Å²) in [4.78, 5) is 23.2. The smallest absolute Gasteiger partial charge is 0.234 e. The Morgan fingerprint density at radius 1 is 1.03 bits per heavy atom. The van der Waals surface area contributed by atoms with E-state index in [4.69, 9.17) is 9.47 Å². The van der Waals surface area contributed by atoms with Crippen LogP contribution < -0.4 is 19.9 Å². The summed E-state index contributed by atoms with van der Waals surface area (Å²) in [5, 5.41) is 2.88.